The number of nitrogens with two attached hydrogens (primary N) is 1. The van der Waals surface area contributed by atoms with E-state index in [1.54, 1.807) is 19.1 Å². The standard InChI is InChI=1S/C20H20FN3O4S2/c1-13-19(29-18(24-13)12-28-16-6-4-15(21)5-7-16)20(25)23-11-10-14-2-8-17(9-3-14)30(22,26)27/h2-9H,10-12H2,1H3,(H,23,25)(H2,22,26,27). The van der Waals surface area contributed by atoms with Crippen molar-refractivity contribution in [2.75, 3.05) is 6.54 Å². The summed E-state index contributed by atoms with van der Waals surface area (Å²) in [6.07, 6.45) is 0.537. The van der Waals surface area contributed by atoms with Crippen LogP contribution in [0.4, 0.5) is 4.39 Å². The molecule has 0 radical (unpaired) electrons. The highest BCUT2D eigenvalue weighted by molar-refractivity contribution is 7.89. The van der Waals surface area contributed by atoms with E-state index in [4.69, 9.17) is 9.88 Å². The summed E-state index contributed by atoms with van der Waals surface area (Å²) < 4.78 is 41.0. The predicted octanol–water partition coefficient (Wildman–Crippen LogP) is 2.79. The van der Waals surface area contributed by atoms with Crippen LogP contribution in [0.15, 0.2) is 53.4 Å². The number of aromatic nitrogens is 1. The third kappa shape index (κ3) is 5.85. The Morgan fingerprint density at radius 1 is 1.17 bits per heavy atom. The van der Waals surface area contributed by atoms with Crippen LogP contribution in [0.3, 0.4) is 0 Å². The van der Waals surface area contributed by atoms with Gasteiger partial charge in [0.2, 0.25) is 10.0 Å². The van der Waals surface area contributed by atoms with Gasteiger partial charge in [-0.1, -0.05) is 12.1 Å². The molecule has 3 N–H and O–H groups in total. The zero-order valence-corrected chi connectivity index (χ0v) is 17.7. The van der Waals surface area contributed by atoms with E-state index in [0.29, 0.717) is 34.3 Å². The third-order valence-corrected chi connectivity index (χ3v) is 6.23. The Morgan fingerprint density at radius 3 is 2.47 bits per heavy atom. The summed E-state index contributed by atoms with van der Waals surface area (Å²) in [4.78, 5) is 17.3. The lowest BCUT2D eigenvalue weighted by Crippen LogP contribution is -2.25. The number of carbonyl (C=O) groups is 1. The molecule has 0 fully saturated rings. The Morgan fingerprint density at radius 2 is 1.83 bits per heavy atom. The van der Waals surface area contributed by atoms with Crippen molar-refractivity contribution >= 4 is 27.3 Å². The van der Waals surface area contributed by atoms with E-state index in [-0.39, 0.29) is 23.2 Å². The molecule has 3 rings (SSSR count). The molecule has 0 bridgehead atoms. The molecule has 0 aliphatic rings. The maximum atomic E-state index is 12.9. The second kappa shape index (κ2) is 9.33. The van der Waals surface area contributed by atoms with Crippen LogP contribution in [0.5, 0.6) is 5.75 Å². The maximum absolute atomic E-state index is 12.9. The van der Waals surface area contributed by atoms with Gasteiger partial charge in [-0.05, 0) is 55.3 Å². The fourth-order valence-electron chi connectivity index (χ4n) is 2.65. The van der Waals surface area contributed by atoms with Crippen LogP contribution >= 0.6 is 11.3 Å². The topological polar surface area (TPSA) is 111 Å². The number of ether oxygens (including phenoxy) is 1. The van der Waals surface area contributed by atoms with Gasteiger partial charge in [0.15, 0.2) is 0 Å². The number of carbonyl (C=O) groups excluding carboxylic acids is 1. The van der Waals surface area contributed by atoms with Gasteiger partial charge < -0.3 is 10.1 Å². The molecule has 2 aromatic carbocycles. The molecule has 7 nitrogen and oxygen atoms in total. The first-order valence-corrected chi connectivity index (χ1v) is 11.3. The maximum Gasteiger partial charge on any atom is 0.263 e. The van der Waals surface area contributed by atoms with Crippen molar-refractivity contribution in [2.24, 2.45) is 5.14 Å². The van der Waals surface area contributed by atoms with Gasteiger partial charge in [-0.25, -0.2) is 22.9 Å². The van der Waals surface area contributed by atoms with E-state index in [1.165, 1.54) is 47.7 Å². The number of hydrogen-bond acceptors (Lipinski definition) is 6. The number of thiazole rings is 1. The van der Waals surface area contributed by atoms with Gasteiger partial charge in [0.1, 0.15) is 28.1 Å². The molecule has 0 saturated carbocycles. The molecule has 10 heteroatoms. The highest BCUT2D eigenvalue weighted by atomic mass is 32.2. The van der Waals surface area contributed by atoms with Crippen molar-refractivity contribution in [3.63, 3.8) is 0 Å². The van der Waals surface area contributed by atoms with Gasteiger partial charge in [0.05, 0.1) is 10.6 Å². The third-order valence-electron chi connectivity index (χ3n) is 4.17. The van der Waals surface area contributed by atoms with E-state index in [2.05, 4.69) is 10.3 Å². The SMILES string of the molecule is Cc1nc(COc2ccc(F)cc2)sc1C(=O)NCCc1ccc(S(N)(=O)=O)cc1. The second-order valence-corrected chi connectivity index (χ2v) is 9.10. The Balaban J connectivity index is 1.52. The second-order valence-electron chi connectivity index (χ2n) is 6.46. The smallest absolute Gasteiger partial charge is 0.263 e. The summed E-state index contributed by atoms with van der Waals surface area (Å²) in [6.45, 7) is 2.31. The lowest BCUT2D eigenvalue weighted by molar-refractivity contribution is 0.0957. The largest absolute Gasteiger partial charge is 0.486 e. The number of rotatable bonds is 8. The number of sulfonamides is 1. The molecule has 3 aromatic rings. The van der Waals surface area contributed by atoms with Crippen LogP contribution in [0.2, 0.25) is 0 Å². The van der Waals surface area contributed by atoms with Gasteiger partial charge >= 0.3 is 0 Å². The lowest BCUT2D eigenvalue weighted by Gasteiger charge is -2.05. The van der Waals surface area contributed by atoms with Crippen LogP contribution in [-0.4, -0.2) is 25.9 Å². The van der Waals surface area contributed by atoms with Crippen molar-refractivity contribution < 1.29 is 22.3 Å². The van der Waals surface area contributed by atoms with Crippen molar-refractivity contribution in [3.8, 4) is 5.75 Å². The number of halogens is 1. The molecule has 1 amide bonds. The average molecular weight is 450 g/mol. The number of nitrogens with one attached hydrogen (secondary N) is 1. The van der Waals surface area contributed by atoms with Gasteiger partial charge in [0.25, 0.3) is 5.91 Å². The quantitative estimate of drug-likeness (QED) is 0.549. The Hall–Kier alpha value is -2.82. The molecule has 30 heavy (non-hydrogen) atoms. The van der Waals surface area contributed by atoms with Crippen molar-refractivity contribution in [1.82, 2.24) is 10.3 Å². The first kappa shape index (κ1) is 21.9. The molecule has 0 spiro atoms. The molecular formula is C20H20FN3O4S2. The summed E-state index contributed by atoms with van der Waals surface area (Å²) in [5.74, 6) is -0.0605. The molecule has 1 aromatic heterocycles. The highest BCUT2D eigenvalue weighted by Gasteiger charge is 2.15. The highest BCUT2D eigenvalue weighted by Crippen LogP contribution is 2.20. The van der Waals surface area contributed by atoms with E-state index >= 15 is 0 Å². The molecular weight excluding hydrogens is 429 g/mol. The van der Waals surface area contributed by atoms with E-state index < -0.39 is 10.0 Å². The monoisotopic (exact) mass is 449 g/mol. The van der Waals surface area contributed by atoms with Crippen LogP contribution in [0.25, 0.3) is 0 Å². The fourth-order valence-corrected chi connectivity index (χ4v) is 4.06. The number of aryl methyl sites for hydroxylation is 1. The van der Waals surface area contributed by atoms with Gasteiger partial charge in [-0.15, -0.1) is 11.3 Å². The number of benzene rings is 2. The molecule has 0 atom stereocenters. The molecule has 0 unspecified atom stereocenters. The minimum Gasteiger partial charge on any atom is -0.486 e. The van der Waals surface area contributed by atoms with Crippen LogP contribution in [0, 0.1) is 12.7 Å². The van der Waals surface area contributed by atoms with Crippen LogP contribution in [-0.2, 0) is 23.1 Å². The minimum absolute atomic E-state index is 0.0472. The number of hydrogen-bond donors (Lipinski definition) is 2. The van der Waals surface area contributed by atoms with Gasteiger partial charge in [-0.2, -0.15) is 0 Å². The molecule has 158 valence electrons. The van der Waals surface area contributed by atoms with Crippen LogP contribution < -0.4 is 15.2 Å². The zero-order chi connectivity index (χ0) is 21.7. The van der Waals surface area contributed by atoms with Crippen molar-refractivity contribution in [2.45, 2.75) is 24.8 Å². The first-order chi connectivity index (χ1) is 14.2. The number of primary sulfonamides is 1. The van der Waals surface area contributed by atoms with Crippen LogP contribution in [0.1, 0.15) is 25.9 Å². The average Bonchev–Trinajstić information content (AvgIpc) is 3.08. The lowest BCUT2D eigenvalue weighted by atomic mass is 10.1. The first-order valence-electron chi connectivity index (χ1n) is 8.97. The van der Waals surface area contributed by atoms with Crippen molar-refractivity contribution in [1.29, 1.82) is 0 Å². The van der Waals surface area contributed by atoms with Crippen molar-refractivity contribution in [3.05, 3.63) is 75.5 Å². The molecule has 0 aliphatic heterocycles. The summed E-state index contributed by atoms with van der Waals surface area (Å²) in [7, 11) is -3.72. The molecule has 0 aliphatic carbocycles. The Bertz CT molecular complexity index is 1130. The number of nitrogens with zero attached hydrogens (tertiary/aromatic N) is 1. The molecule has 1 heterocycles. The Labute approximate surface area is 177 Å². The summed E-state index contributed by atoms with van der Waals surface area (Å²) >= 11 is 1.24. The van der Waals surface area contributed by atoms with Gasteiger partial charge in [-0.3, -0.25) is 4.79 Å². The normalized spacial score (nSPS) is 11.3. The Kier molecular flexibility index (Phi) is 6.80. The molecule has 0 saturated heterocycles. The van der Waals surface area contributed by atoms with E-state index in [1.807, 2.05) is 0 Å². The fraction of sp³-hybridized carbons (Fsp3) is 0.200. The number of amides is 1. The van der Waals surface area contributed by atoms with E-state index in [9.17, 15) is 17.6 Å². The summed E-state index contributed by atoms with van der Waals surface area (Å²) in [6, 6.07) is 11.9. The zero-order valence-electron chi connectivity index (χ0n) is 16.1. The van der Waals surface area contributed by atoms with E-state index in [0.717, 1.165) is 5.56 Å². The van der Waals surface area contributed by atoms with Gasteiger partial charge in [0, 0.05) is 6.54 Å². The minimum atomic E-state index is -3.72. The summed E-state index contributed by atoms with van der Waals surface area (Å²) in [5.41, 5.74) is 1.48. The summed E-state index contributed by atoms with van der Waals surface area (Å²) in [5, 5.41) is 8.55. The predicted molar refractivity (Wildman–Crippen MR) is 111 cm³/mol.